The third-order valence-electron chi connectivity index (χ3n) is 1.63. The van der Waals surface area contributed by atoms with E-state index in [2.05, 4.69) is 0 Å². The number of carbonyl (C=O) groups excluding carboxylic acids is 1. The zero-order valence-electron chi connectivity index (χ0n) is 8.44. The lowest BCUT2D eigenvalue weighted by Crippen LogP contribution is -2.01. The lowest BCUT2D eigenvalue weighted by atomic mass is 10.2. The molecule has 1 aromatic rings. The van der Waals surface area contributed by atoms with Crippen LogP contribution in [-0.2, 0) is 9.59 Å². The van der Waals surface area contributed by atoms with Gasteiger partial charge < -0.3 is 9.84 Å². The second kappa shape index (κ2) is 5.32. The topological polar surface area (TPSA) is 63.6 Å². The number of ether oxygens (including phenoxy) is 1. The fourth-order valence-electron chi connectivity index (χ4n) is 1.03. The highest BCUT2D eigenvalue weighted by atomic mass is 35.5. The Morgan fingerprint density at radius 3 is 2.62 bits per heavy atom. The van der Waals surface area contributed by atoms with Gasteiger partial charge in [-0.1, -0.05) is 17.7 Å². The number of carboxylic acids is 1. The largest absolute Gasteiger partial charge is 0.478 e. The first kappa shape index (κ1) is 12.3. The van der Waals surface area contributed by atoms with Crippen molar-refractivity contribution < 1.29 is 19.4 Å². The Labute approximate surface area is 97.1 Å². The summed E-state index contributed by atoms with van der Waals surface area (Å²) in [7, 11) is 0. The van der Waals surface area contributed by atoms with E-state index in [4.69, 9.17) is 21.4 Å². The van der Waals surface area contributed by atoms with Crippen LogP contribution in [0.25, 0.3) is 6.08 Å². The molecule has 16 heavy (non-hydrogen) atoms. The van der Waals surface area contributed by atoms with Crippen molar-refractivity contribution in [1.29, 1.82) is 0 Å². The van der Waals surface area contributed by atoms with E-state index in [0.29, 0.717) is 5.56 Å². The molecule has 1 N–H and O–H groups in total. The van der Waals surface area contributed by atoms with E-state index in [1.165, 1.54) is 25.1 Å². The summed E-state index contributed by atoms with van der Waals surface area (Å²) in [6.07, 6.45) is 2.39. The van der Waals surface area contributed by atoms with Crippen molar-refractivity contribution in [2.24, 2.45) is 0 Å². The summed E-state index contributed by atoms with van der Waals surface area (Å²) < 4.78 is 4.81. The molecule has 84 valence electrons. The molecule has 1 rings (SSSR count). The van der Waals surface area contributed by atoms with Crippen LogP contribution in [0.1, 0.15) is 12.5 Å². The van der Waals surface area contributed by atoms with Gasteiger partial charge in [-0.15, -0.1) is 0 Å². The minimum atomic E-state index is -1.04. The van der Waals surface area contributed by atoms with Crippen molar-refractivity contribution in [3.8, 4) is 5.75 Å². The maximum atomic E-state index is 10.7. The smallest absolute Gasteiger partial charge is 0.328 e. The Kier molecular flexibility index (Phi) is 4.08. The monoisotopic (exact) mass is 240 g/mol. The maximum Gasteiger partial charge on any atom is 0.328 e. The van der Waals surface area contributed by atoms with Crippen LogP contribution < -0.4 is 4.74 Å². The molecule has 5 heteroatoms. The first-order valence-corrected chi connectivity index (χ1v) is 4.76. The van der Waals surface area contributed by atoms with Crippen molar-refractivity contribution in [2.75, 3.05) is 0 Å². The number of aliphatic carboxylic acids is 1. The van der Waals surface area contributed by atoms with Crippen LogP contribution in [0.2, 0.25) is 5.02 Å². The van der Waals surface area contributed by atoms with Crippen molar-refractivity contribution in [2.45, 2.75) is 6.92 Å². The van der Waals surface area contributed by atoms with Gasteiger partial charge >= 0.3 is 11.9 Å². The summed E-state index contributed by atoms with van der Waals surface area (Å²) in [5, 5.41) is 8.68. The van der Waals surface area contributed by atoms with Crippen molar-refractivity contribution in [3.63, 3.8) is 0 Å². The summed E-state index contributed by atoms with van der Waals surface area (Å²) >= 11 is 5.83. The average molecular weight is 241 g/mol. The summed E-state index contributed by atoms with van der Waals surface area (Å²) in [5.41, 5.74) is 0.614. The molecule has 4 nitrogen and oxygen atoms in total. The lowest BCUT2D eigenvalue weighted by molar-refractivity contribution is -0.132. The van der Waals surface area contributed by atoms with Gasteiger partial charge in [-0.2, -0.15) is 0 Å². The van der Waals surface area contributed by atoms with Gasteiger partial charge in [0.2, 0.25) is 0 Å². The first-order valence-electron chi connectivity index (χ1n) is 4.38. The van der Waals surface area contributed by atoms with Crippen LogP contribution in [0.3, 0.4) is 0 Å². The zero-order chi connectivity index (χ0) is 12.1. The quantitative estimate of drug-likeness (QED) is 0.500. The number of esters is 1. The Morgan fingerprint density at radius 1 is 1.44 bits per heavy atom. The van der Waals surface area contributed by atoms with Gasteiger partial charge in [0.15, 0.2) is 0 Å². The van der Waals surface area contributed by atoms with Crippen LogP contribution in [0, 0.1) is 0 Å². The highest BCUT2D eigenvalue weighted by Crippen LogP contribution is 2.26. The average Bonchev–Trinajstić information content (AvgIpc) is 2.18. The first-order chi connectivity index (χ1) is 7.49. The number of carbonyl (C=O) groups is 2. The Hall–Kier alpha value is -1.81. The van der Waals surface area contributed by atoms with E-state index in [9.17, 15) is 9.59 Å². The summed E-state index contributed by atoms with van der Waals surface area (Å²) in [6.45, 7) is 1.27. The van der Waals surface area contributed by atoms with Crippen LogP contribution in [0.5, 0.6) is 5.75 Å². The number of hydrogen-bond donors (Lipinski definition) is 1. The molecule has 0 radical (unpaired) electrons. The standard InChI is InChI=1S/C11H9ClO4/c1-7(13)16-10-4-2-8(6-9(10)12)3-5-11(14)15/h2-6H,1H3,(H,14,15). The summed E-state index contributed by atoms with van der Waals surface area (Å²) in [4.78, 5) is 21.0. The van der Waals surface area contributed by atoms with Gasteiger partial charge in [-0.3, -0.25) is 4.79 Å². The van der Waals surface area contributed by atoms with E-state index in [1.807, 2.05) is 0 Å². The predicted molar refractivity (Wildman–Crippen MR) is 59.4 cm³/mol. The molecule has 0 saturated heterocycles. The highest BCUT2D eigenvalue weighted by Gasteiger charge is 2.04. The number of halogens is 1. The van der Waals surface area contributed by atoms with Crippen molar-refractivity contribution in [1.82, 2.24) is 0 Å². The second-order valence-corrected chi connectivity index (χ2v) is 3.36. The van der Waals surface area contributed by atoms with Gasteiger partial charge in [0.05, 0.1) is 5.02 Å². The molecular formula is C11H9ClO4. The molecule has 0 spiro atoms. The molecule has 0 heterocycles. The third kappa shape index (κ3) is 3.74. The number of hydrogen-bond acceptors (Lipinski definition) is 3. The molecule has 0 amide bonds. The Balaban J connectivity index is 2.90. The molecule has 0 fully saturated rings. The molecule has 0 atom stereocenters. The van der Waals surface area contributed by atoms with Crippen LogP contribution in [-0.4, -0.2) is 17.0 Å². The fraction of sp³-hybridized carbons (Fsp3) is 0.0909. The summed E-state index contributed by atoms with van der Waals surface area (Å²) in [5.74, 6) is -1.25. The minimum absolute atomic E-state index is 0.252. The predicted octanol–water partition coefficient (Wildman–Crippen LogP) is 2.36. The van der Waals surface area contributed by atoms with Gasteiger partial charge in [0, 0.05) is 13.0 Å². The Morgan fingerprint density at radius 2 is 2.12 bits per heavy atom. The van der Waals surface area contributed by atoms with E-state index < -0.39 is 11.9 Å². The van der Waals surface area contributed by atoms with Crippen LogP contribution in [0.15, 0.2) is 24.3 Å². The normalized spacial score (nSPS) is 10.4. The van der Waals surface area contributed by atoms with Crippen molar-refractivity contribution >= 4 is 29.6 Å². The van der Waals surface area contributed by atoms with E-state index in [1.54, 1.807) is 6.07 Å². The highest BCUT2D eigenvalue weighted by molar-refractivity contribution is 6.32. The molecule has 0 aromatic heterocycles. The molecule has 0 unspecified atom stereocenters. The number of benzene rings is 1. The second-order valence-electron chi connectivity index (χ2n) is 2.96. The van der Waals surface area contributed by atoms with Gasteiger partial charge in [-0.25, -0.2) is 4.79 Å². The third-order valence-corrected chi connectivity index (χ3v) is 1.92. The number of rotatable bonds is 3. The van der Waals surface area contributed by atoms with Gasteiger partial charge in [0.1, 0.15) is 5.75 Å². The molecule has 0 saturated carbocycles. The van der Waals surface area contributed by atoms with E-state index in [-0.39, 0.29) is 10.8 Å². The van der Waals surface area contributed by atoms with Crippen LogP contribution >= 0.6 is 11.6 Å². The SMILES string of the molecule is CC(=O)Oc1ccc(C=CC(=O)O)cc1Cl. The van der Waals surface area contributed by atoms with E-state index >= 15 is 0 Å². The Bertz CT molecular complexity index is 451. The fourth-order valence-corrected chi connectivity index (χ4v) is 1.25. The molecule has 0 bridgehead atoms. The zero-order valence-corrected chi connectivity index (χ0v) is 9.19. The number of carboxylic acid groups (broad SMARTS) is 1. The molecule has 0 aliphatic heterocycles. The summed E-state index contributed by atoms with van der Waals surface area (Å²) in [6, 6.07) is 4.62. The molecule has 0 aliphatic rings. The molecule has 1 aromatic carbocycles. The van der Waals surface area contributed by atoms with E-state index in [0.717, 1.165) is 6.08 Å². The molecular weight excluding hydrogens is 232 g/mol. The lowest BCUT2D eigenvalue weighted by Gasteiger charge is -2.04. The van der Waals surface area contributed by atoms with Gasteiger partial charge in [-0.05, 0) is 23.8 Å². The maximum absolute atomic E-state index is 10.7. The van der Waals surface area contributed by atoms with Gasteiger partial charge in [0.25, 0.3) is 0 Å². The van der Waals surface area contributed by atoms with Crippen LogP contribution in [0.4, 0.5) is 0 Å². The minimum Gasteiger partial charge on any atom is -0.478 e. The van der Waals surface area contributed by atoms with Crippen molar-refractivity contribution in [3.05, 3.63) is 34.9 Å². The molecule has 0 aliphatic carbocycles.